The minimum absolute atomic E-state index is 0.0419. The summed E-state index contributed by atoms with van der Waals surface area (Å²) in [5, 5.41) is 0. The highest BCUT2D eigenvalue weighted by atomic mass is 16.5. The quantitative estimate of drug-likeness (QED) is 0.512. The van der Waals surface area contributed by atoms with Crippen molar-refractivity contribution in [1.82, 2.24) is 0 Å². The van der Waals surface area contributed by atoms with Crippen LogP contribution in [0.3, 0.4) is 0 Å². The van der Waals surface area contributed by atoms with Gasteiger partial charge in [0.1, 0.15) is 5.75 Å². The maximum Gasteiger partial charge on any atom is 0.231 e. The highest BCUT2D eigenvalue weighted by molar-refractivity contribution is 6.02. The fraction of sp³-hybridized carbons (Fsp3) is 0.417. The van der Waals surface area contributed by atoms with E-state index in [-0.39, 0.29) is 11.8 Å². The topological polar surface area (TPSA) is 49.9 Å². The average Bonchev–Trinajstić information content (AvgIpc) is 2.80. The molecule has 3 rings (SSSR count). The minimum Gasteiger partial charge on any atom is -0.493 e. The zero-order chi connectivity index (χ0) is 21.0. The van der Waals surface area contributed by atoms with Crippen molar-refractivity contribution in [1.29, 1.82) is 0 Å². The molecule has 2 aromatic carbocycles. The second-order valence-electron chi connectivity index (χ2n) is 8.04. The molecule has 1 aliphatic rings. The predicted molar refractivity (Wildman–Crippen MR) is 117 cm³/mol. The molecular formula is C24H30N2O3. The highest BCUT2D eigenvalue weighted by Crippen LogP contribution is 2.33. The summed E-state index contributed by atoms with van der Waals surface area (Å²) in [6.45, 7) is 9.72. The lowest BCUT2D eigenvalue weighted by molar-refractivity contribution is -0.121. The summed E-state index contributed by atoms with van der Waals surface area (Å²) in [4.78, 5) is 27.9. The molecule has 0 fully saturated rings. The van der Waals surface area contributed by atoms with Gasteiger partial charge in [-0.05, 0) is 48.6 Å². The molecule has 0 saturated heterocycles. The molecule has 1 aliphatic heterocycles. The van der Waals surface area contributed by atoms with Crippen LogP contribution in [0.25, 0.3) is 0 Å². The van der Waals surface area contributed by atoms with E-state index < -0.39 is 0 Å². The molecule has 2 aromatic rings. The molecule has 154 valence electrons. The molecule has 0 radical (unpaired) electrons. The molecular weight excluding hydrogens is 364 g/mol. The maximum absolute atomic E-state index is 13.0. The molecule has 0 aromatic heterocycles. The van der Waals surface area contributed by atoms with Crippen LogP contribution in [0.1, 0.15) is 44.2 Å². The normalized spacial score (nSPS) is 16.6. The third-order valence-electron chi connectivity index (χ3n) is 5.34. The first-order valence-corrected chi connectivity index (χ1v) is 10.3. The third kappa shape index (κ3) is 4.61. The number of nitrogens with zero attached hydrogens (tertiary/aromatic N) is 2. The van der Waals surface area contributed by atoms with Gasteiger partial charge in [0.15, 0.2) is 0 Å². The van der Waals surface area contributed by atoms with E-state index in [1.165, 1.54) is 11.1 Å². The molecule has 1 unspecified atom stereocenters. The number of carbonyl (C=O) groups excluding carboxylic acids is 2. The van der Waals surface area contributed by atoms with Crippen LogP contribution in [0.2, 0.25) is 0 Å². The van der Waals surface area contributed by atoms with Gasteiger partial charge < -0.3 is 14.5 Å². The average molecular weight is 395 g/mol. The standard InChI is InChI=1S/C24H30N2O3/c1-17(2)20-11-10-18(3)14-23(20)29-13-7-12-26-22-9-6-5-8-21(22)25(16-27)15-19(4)24(26)28/h5-6,8-11,14,16-17,19H,7,12-13,15H2,1-4H3. The fourth-order valence-electron chi connectivity index (χ4n) is 3.77. The third-order valence-corrected chi connectivity index (χ3v) is 5.34. The van der Waals surface area contributed by atoms with E-state index in [9.17, 15) is 9.59 Å². The van der Waals surface area contributed by atoms with E-state index in [1.807, 2.05) is 31.2 Å². The Hall–Kier alpha value is -2.82. The van der Waals surface area contributed by atoms with Crippen molar-refractivity contribution < 1.29 is 14.3 Å². The summed E-state index contributed by atoms with van der Waals surface area (Å²) >= 11 is 0. The van der Waals surface area contributed by atoms with E-state index in [1.54, 1.807) is 9.80 Å². The van der Waals surface area contributed by atoms with Crippen molar-refractivity contribution in [3.05, 3.63) is 53.6 Å². The Bertz CT molecular complexity index is 878. The number of hydrogen-bond donors (Lipinski definition) is 0. The molecule has 0 spiro atoms. The van der Waals surface area contributed by atoms with Crippen LogP contribution in [0, 0.1) is 12.8 Å². The lowest BCUT2D eigenvalue weighted by Crippen LogP contribution is -2.37. The number of hydrogen-bond acceptors (Lipinski definition) is 3. The van der Waals surface area contributed by atoms with Crippen molar-refractivity contribution in [3.8, 4) is 5.75 Å². The van der Waals surface area contributed by atoms with Crippen LogP contribution >= 0.6 is 0 Å². The Balaban J connectivity index is 1.72. The zero-order valence-electron chi connectivity index (χ0n) is 17.7. The largest absolute Gasteiger partial charge is 0.493 e. The number of ether oxygens (including phenoxy) is 1. The molecule has 5 nitrogen and oxygen atoms in total. The molecule has 0 aliphatic carbocycles. The Labute approximate surface area is 173 Å². The molecule has 5 heteroatoms. The van der Waals surface area contributed by atoms with E-state index in [0.717, 1.165) is 23.5 Å². The van der Waals surface area contributed by atoms with Gasteiger partial charge in [0.05, 0.1) is 23.9 Å². The second-order valence-corrected chi connectivity index (χ2v) is 8.04. The SMILES string of the molecule is Cc1ccc(C(C)C)c(OCCCN2C(=O)C(C)CN(C=O)c3ccccc32)c1. The Morgan fingerprint density at radius 1 is 1.17 bits per heavy atom. The second kappa shape index (κ2) is 9.12. The smallest absolute Gasteiger partial charge is 0.231 e. The molecule has 2 amide bonds. The zero-order valence-corrected chi connectivity index (χ0v) is 17.7. The summed E-state index contributed by atoms with van der Waals surface area (Å²) in [5.74, 6) is 1.10. The minimum atomic E-state index is -0.252. The van der Waals surface area contributed by atoms with E-state index in [2.05, 4.69) is 39.0 Å². The van der Waals surface area contributed by atoms with Gasteiger partial charge in [0.25, 0.3) is 0 Å². The van der Waals surface area contributed by atoms with Gasteiger partial charge in [-0.1, -0.05) is 45.0 Å². The molecule has 1 heterocycles. The lowest BCUT2D eigenvalue weighted by Gasteiger charge is -2.24. The van der Waals surface area contributed by atoms with Gasteiger partial charge in [-0.2, -0.15) is 0 Å². The van der Waals surface area contributed by atoms with Crippen molar-refractivity contribution in [3.63, 3.8) is 0 Å². The van der Waals surface area contributed by atoms with Crippen molar-refractivity contribution in [2.24, 2.45) is 5.92 Å². The predicted octanol–water partition coefficient (Wildman–Crippen LogP) is 4.53. The van der Waals surface area contributed by atoms with Gasteiger partial charge in [0.2, 0.25) is 12.3 Å². The summed E-state index contributed by atoms with van der Waals surface area (Å²) in [7, 11) is 0. The van der Waals surface area contributed by atoms with Crippen LogP contribution in [-0.4, -0.2) is 32.0 Å². The van der Waals surface area contributed by atoms with Crippen molar-refractivity contribution in [2.75, 3.05) is 29.5 Å². The number of benzene rings is 2. The molecule has 1 atom stereocenters. The number of carbonyl (C=O) groups is 2. The fourth-order valence-corrected chi connectivity index (χ4v) is 3.77. The summed E-state index contributed by atoms with van der Waals surface area (Å²) in [5.41, 5.74) is 3.93. The first-order valence-electron chi connectivity index (χ1n) is 10.3. The number of amides is 2. The van der Waals surface area contributed by atoms with Gasteiger partial charge in [-0.3, -0.25) is 9.59 Å². The van der Waals surface area contributed by atoms with Crippen molar-refractivity contribution >= 4 is 23.7 Å². The molecule has 0 N–H and O–H groups in total. The first-order chi connectivity index (χ1) is 13.9. The van der Waals surface area contributed by atoms with Crippen molar-refractivity contribution in [2.45, 2.75) is 40.0 Å². The van der Waals surface area contributed by atoms with Gasteiger partial charge in [-0.15, -0.1) is 0 Å². The lowest BCUT2D eigenvalue weighted by atomic mass is 10.0. The summed E-state index contributed by atoms with van der Waals surface area (Å²) in [6, 6.07) is 13.9. The molecule has 29 heavy (non-hydrogen) atoms. The van der Waals surface area contributed by atoms with E-state index in [0.29, 0.717) is 32.0 Å². The van der Waals surface area contributed by atoms with Crippen LogP contribution < -0.4 is 14.5 Å². The molecule has 0 saturated carbocycles. The first kappa shape index (κ1) is 20.9. The number of para-hydroxylation sites is 2. The van der Waals surface area contributed by atoms with E-state index in [4.69, 9.17) is 4.74 Å². The van der Waals surface area contributed by atoms with Crippen LogP contribution in [0.15, 0.2) is 42.5 Å². The van der Waals surface area contributed by atoms with Crippen LogP contribution in [0.5, 0.6) is 5.75 Å². The molecule has 0 bridgehead atoms. The Kier molecular flexibility index (Phi) is 6.57. The number of anilines is 2. The Morgan fingerprint density at radius 2 is 1.90 bits per heavy atom. The van der Waals surface area contributed by atoms with Gasteiger partial charge in [-0.25, -0.2) is 0 Å². The maximum atomic E-state index is 13.0. The van der Waals surface area contributed by atoms with E-state index >= 15 is 0 Å². The highest BCUT2D eigenvalue weighted by Gasteiger charge is 2.30. The van der Waals surface area contributed by atoms with Crippen LogP contribution in [-0.2, 0) is 9.59 Å². The monoisotopic (exact) mass is 394 g/mol. The summed E-state index contributed by atoms with van der Waals surface area (Å²) < 4.78 is 6.09. The van der Waals surface area contributed by atoms with Crippen LogP contribution in [0.4, 0.5) is 11.4 Å². The van der Waals surface area contributed by atoms with Gasteiger partial charge in [0, 0.05) is 13.1 Å². The number of fused-ring (bicyclic) bond motifs is 1. The Morgan fingerprint density at radius 3 is 2.59 bits per heavy atom. The number of rotatable bonds is 7. The summed E-state index contributed by atoms with van der Waals surface area (Å²) in [6.07, 6.45) is 1.51. The number of aryl methyl sites for hydroxylation is 1. The van der Waals surface area contributed by atoms with Gasteiger partial charge >= 0.3 is 0 Å².